The number of unbranched alkanes of at least 4 members (excludes halogenated alkanes) is 1. The molecule has 5 heteroatoms. The summed E-state index contributed by atoms with van der Waals surface area (Å²) in [6.45, 7) is 2.97. The lowest BCUT2D eigenvalue weighted by atomic mass is 10.3. The molecule has 0 bridgehead atoms. The molecular formula is C15H21N3O2. The molecule has 20 heavy (non-hydrogen) atoms. The number of aromatic nitrogens is 2. The van der Waals surface area contributed by atoms with Crippen molar-refractivity contribution in [2.75, 3.05) is 38.8 Å². The zero-order valence-electron chi connectivity index (χ0n) is 11.8. The number of ether oxygens (including phenoxy) is 2. The van der Waals surface area contributed by atoms with Crippen molar-refractivity contribution in [3.8, 4) is 0 Å². The van der Waals surface area contributed by atoms with E-state index in [1.807, 2.05) is 24.3 Å². The number of hydrogen-bond donors (Lipinski definition) is 1. The Labute approximate surface area is 119 Å². The van der Waals surface area contributed by atoms with Crippen molar-refractivity contribution in [1.82, 2.24) is 9.97 Å². The minimum Gasteiger partial charge on any atom is -0.382 e. The molecule has 0 fully saturated rings. The van der Waals surface area contributed by atoms with Gasteiger partial charge in [-0.3, -0.25) is 4.98 Å². The molecule has 0 amide bonds. The quantitative estimate of drug-likeness (QED) is 0.712. The van der Waals surface area contributed by atoms with Crippen LogP contribution in [0, 0.1) is 0 Å². The Balaban J connectivity index is 1.65. The Morgan fingerprint density at radius 1 is 1.05 bits per heavy atom. The third kappa shape index (κ3) is 4.75. The third-order valence-corrected chi connectivity index (χ3v) is 2.90. The lowest BCUT2D eigenvalue weighted by Crippen LogP contribution is -2.07. The standard InChI is InChI=1S/C15H21N3O2/c1-19-10-11-20-9-5-4-8-16-15-12-17-13-6-2-3-7-14(13)18-15/h2-3,6-7,12H,4-5,8-11H2,1H3,(H,16,18). The molecule has 2 rings (SSSR count). The number of anilines is 1. The van der Waals surface area contributed by atoms with Crippen molar-refractivity contribution < 1.29 is 9.47 Å². The predicted molar refractivity (Wildman–Crippen MR) is 80.0 cm³/mol. The molecule has 0 atom stereocenters. The summed E-state index contributed by atoms with van der Waals surface area (Å²) in [5.41, 5.74) is 1.84. The maximum absolute atomic E-state index is 5.40. The van der Waals surface area contributed by atoms with Gasteiger partial charge >= 0.3 is 0 Å². The molecule has 0 aliphatic heterocycles. The smallest absolute Gasteiger partial charge is 0.145 e. The van der Waals surface area contributed by atoms with Crippen LogP contribution in [0.15, 0.2) is 30.5 Å². The minimum atomic E-state index is 0.658. The normalized spacial score (nSPS) is 10.8. The van der Waals surface area contributed by atoms with E-state index in [2.05, 4.69) is 15.3 Å². The van der Waals surface area contributed by atoms with Crippen LogP contribution >= 0.6 is 0 Å². The van der Waals surface area contributed by atoms with E-state index in [0.717, 1.165) is 42.8 Å². The van der Waals surface area contributed by atoms with Crippen LogP contribution in [0.3, 0.4) is 0 Å². The zero-order valence-corrected chi connectivity index (χ0v) is 11.8. The molecule has 1 aromatic heterocycles. The topological polar surface area (TPSA) is 56.3 Å². The molecule has 0 saturated heterocycles. The first-order chi connectivity index (χ1) is 9.90. The van der Waals surface area contributed by atoms with Crippen molar-refractivity contribution in [2.45, 2.75) is 12.8 Å². The maximum Gasteiger partial charge on any atom is 0.145 e. The Kier molecular flexibility index (Phi) is 6.20. The van der Waals surface area contributed by atoms with Crippen molar-refractivity contribution >= 4 is 16.9 Å². The second kappa shape index (κ2) is 8.45. The van der Waals surface area contributed by atoms with E-state index in [1.165, 1.54) is 0 Å². The zero-order chi connectivity index (χ0) is 14.0. The van der Waals surface area contributed by atoms with E-state index in [0.29, 0.717) is 13.2 Å². The summed E-state index contributed by atoms with van der Waals surface area (Å²) in [4.78, 5) is 8.88. The Morgan fingerprint density at radius 2 is 1.90 bits per heavy atom. The van der Waals surface area contributed by atoms with Gasteiger partial charge in [-0.05, 0) is 25.0 Å². The van der Waals surface area contributed by atoms with Crippen molar-refractivity contribution in [2.24, 2.45) is 0 Å². The van der Waals surface area contributed by atoms with E-state index in [-0.39, 0.29) is 0 Å². The number of nitrogens with one attached hydrogen (secondary N) is 1. The monoisotopic (exact) mass is 275 g/mol. The molecular weight excluding hydrogens is 254 g/mol. The van der Waals surface area contributed by atoms with Crippen LogP contribution in [0.2, 0.25) is 0 Å². The largest absolute Gasteiger partial charge is 0.382 e. The fourth-order valence-electron chi connectivity index (χ4n) is 1.83. The second-order valence-electron chi connectivity index (χ2n) is 4.48. The summed E-state index contributed by atoms with van der Waals surface area (Å²) < 4.78 is 10.3. The summed E-state index contributed by atoms with van der Waals surface area (Å²) in [6.07, 6.45) is 3.84. The first-order valence-electron chi connectivity index (χ1n) is 6.92. The number of methoxy groups -OCH3 is 1. The highest BCUT2D eigenvalue weighted by molar-refractivity contribution is 5.75. The highest BCUT2D eigenvalue weighted by Gasteiger charge is 1.98. The molecule has 1 heterocycles. The molecule has 0 radical (unpaired) electrons. The van der Waals surface area contributed by atoms with Crippen LogP contribution in [-0.4, -0.2) is 43.4 Å². The summed E-state index contributed by atoms with van der Waals surface area (Å²) in [6, 6.07) is 7.87. The second-order valence-corrected chi connectivity index (χ2v) is 4.48. The Bertz CT molecular complexity index is 519. The summed E-state index contributed by atoms with van der Waals surface area (Å²) in [5.74, 6) is 0.823. The van der Waals surface area contributed by atoms with Gasteiger partial charge in [0.25, 0.3) is 0 Å². The Morgan fingerprint density at radius 3 is 2.75 bits per heavy atom. The SMILES string of the molecule is COCCOCCCCNc1cnc2ccccc2n1. The number of hydrogen-bond acceptors (Lipinski definition) is 5. The first kappa shape index (κ1) is 14.7. The van der Waals surface area contributed by atoms with Gasteiger partial charge in [-0.1, -0.05) is 12.1 Å². The predicted octanol–water partition coefficient (Wildman–Crippen LogP) is 2.48. The number of para-hydroxylation sites is 2. The van der Waals surface area contributed by atoms with Crippen LogP contribution in [0.4, 0.5) is 5.82 Å². The molecule has 0 aliphatic rings. The number of benzene rings is 1. The van der Waals surface area contributed by atoms with E-state index in [1.54, 1.807) is 13.3 Å². The van der Waals surface area contributed by atoms with Gasteiger partial charge in [0.1, 0.15) is 5.82 Å². The van der Waals surface area contributed by atoms with Crippen LogP contribution in [0.25, 0.3) is 11.0 Å². The highest BCUT2D eigenvalue weighted by Crippen LogP contribution is 2.11. The van der Waals surface area contributed by atoms with Gasteiger partial charge < -0.3 is 14.8 Å². The first-order valence-corrected chi connectivity index (χ1v) is 6.92. The van der Waals surface area contributed by atoms with E-state index in [9.17, 15) is 0 Å². The van der Waals surface area contributed by atoms with Crippen molar-refractivity contribution in [3.05, 3.63) is 30.5 Å². The summed E-state index contributed by atoms with van der Waals surface area (Å²) in [5, 5.41) is 3.29. The van der Waals surface area contributed by atoms with Crippen molar-refractivity contribution in [1.29, 1.82) is 0 Å². The van der Waals surface area contributed by atoms with Crippen LogP contribution in [0.5, 0.6) is 0 Å². The van der Waals surface area contributed by atoms with E-state index < -0.39 is 0 Å². The molecule has 0 unspecified atom stereocenters. The van der Waals surface area contributed by atoms with Gasteiger partial charge in [-0.2, -0.15) is 0 Å². The van der Waals surface area contributed by atoms with Crippen LogP contribution in [0.1, 0.15) is 12.8 Å². The Hall–Kier alpha value is -1.72. The minimum absolute atomic E-state index is 0.658. The number of nitrogens with zero attached hydrogens (tertiary/aromatic N) is 2. The lowest BCUT2D eigenvalue weighted by molar-refractivity contribution is 0.0691. The average molecular weight is 275 g/mol. The molecule has 108 valence electrons. The van der Waals surface area contributed by atoms with Gasteiger partial charge in [-0.25, -0.2) is 4.98 Å². The lowest BCUT2D eigenvalue weighted by Gasteiger charge is -2.06. The molecule has 0 aliphatic carbocycles. The fourth-order valence-corrected chi connectivity index (χ4v) is 1.83. The molecule has 1 aromatic carbocycles. The molecule has 1 N–H and O–H groups in total. The summed E-state index contributed by atoms with van der Waals surface area (Å²) >= 11 is 0. The number of rotatable bonds is 9. The van der Waals surface area contributed by atoms with Gasteiger partial charge in [0.15, 0.2) is 0 Å². The fraction of sp³-hybridized carbons (Fsp3) is 0.467. The van der Waals surface area contributed by atoms with E-state index >= 15 is 0 Å². The summed E-state index contributed by atoms with van der Waals surface area (Å²) in [7, 11) is 1.68. The molecule has 0 spiro atoms. The van der Waals surface area contributed by atoms with Crippen LogP contribution in [-0.2, 0) is 9.47 Å². The highest BCUT2D eigenvalue weighted by atomic mass is 16.5. The van der Waals surface area contributed by atoms with Gasteiger partial charge in [-0.15, -0.1) is 0 Å². The average Bonchev–Trinajstić information content (AvgIpc) is 2.50. The van der Waals surface area contributed by atoms with Crippen LogP contribution < -0.4 is 5.32 Å². The van der Waals surface area contributed by atoms with Gasteiger partial charge in [0.2, 0.25) is 0 Å². The van der Waals surface area contributed by atoms with Gasteiger partial charge in [0.05, 0.1) is 30.4 Å². The number of fused-ring (bicyclic) bond motifs is 1. The third-order valence-electron chi connectivity index (χ3n) is 2.90. The van der Waals surface area contributed by atoms with Gasteiger partial charge in [0, 0.05) is 20.3 Å². The molecule has 5 nitrogen and oxygen atoms in total. The molecule has 0 saturated carbocycles. The van der Waals surface area contributed by atoms with Crippen molar-refractivity contribution in [3.63, 3.8) is 0 Å². The molecule has 2 aromatic rings. The van der Waals surface area contributed by atoms with E-state index in [4.69, 9.17) is 9.47 Å². The maximum atomic E-state index is 5.40.